The summed E-state index contributed by atoms with van der Waals surface area (Å²) in [6, 6.07) is 6.69. The molecular formula is C15H19N5O3S. The minimum atomic E-state index is -0.481. The largest absolute Gasteiger partial charge is 0.459 e. The van der Waals surface area contributed by atoms with Crippen molar-refractivity contribution >= 4 is 29.3 Å². The van der Waals surface area contributed by atoms with Crippen LogP contribution in [0.3, 0.4) is 0 Å². The Balaban J connectivity index is 2.01. The number of anilines is 1. The van der Waals surface area contributed by atoms with Gasteiger partial charge in [0, 0.05) is 0 Å². The summed E-state index contributed by atoms with van der Waals surface area (Å²) in [6.07, 6.45) is -0.240. The highest BCUT2D eigenvalue weighted by molar-refractivity contribution is 7.99. The Morgan fingerprint density at radius 3 is 2.67 bits per heavy atom. The maximum Gasteiger partial charge on any atom is 0.340 e. The number of nitrogens with zero attached hydrogens (tertiary/aromatic N) is 3. The molecule has 128 valence electrons. The molecular weight excluding hydrogens is 330 g/mol. The molecule has 24 heavy (non-hydrogen) atoms. The fourth-order valence-electron chi connectivity index (χ4n) is 1.81. The summed E-state index contributed by atoms with van der Waals surface area (Å²) in [5, 5.41) is 10.8. The lowest BCUT2D eigenvalue weighted by Crippen LogP contribution is -2.19. The summed E-state index contributed by atoms with van der Waals surface area (Å²) in [5.74, 6) is 5.60. The monoisotopic (exact) mass is 349 g/mol. The van der Waals surface area contributed by atoms with Gasteiger partial charge in [0.25, 0.3) is 0 Å². The van der Waals surface area contributed by atoms with Crippen molar-refractivity contribution in [2.45, 2.75) is 32.0 Å². The van der Waals surface area contributed by atoms with Crippen LogP contribution in [-0.2, 0) is 9.53 Å². The maximum atomic E-state index is 12.1. The lowest BCUT2D eigenvalue weighted by molar-refractivity contribution is -0.113. The van der Waals surface area contributed by atoms with Gasteiger partial charge in [0.15, 0.2) is 0 Å². The minimum Gasteiger partial charge on any atom is -0.459 e. The molecule has 8 nitrogen and oxygen atoms in total. The number of hydrogen-bond acceptors (Lipinski definition) is 7. The Kier molecular flexibility index (Phi) is 5.80. The lowest BCUT2D eigenvalue weighted by Gasteiger charge is -2.12. The van der Waals surface area contributed by atoms with Crippen LogP contribution < -0.4 is 11.2 Å². The normalized spacial score (nSPS) is 10.7. The molecule has 0 spiro atoms. The van der Waals surface area contributed by atoms with E-state index in [0.29, 0.717) is 22.2 Å². The van der Waals surface area contributed by atoms with E-state index in [1.54, 1.807) is 45.0 Å². The van der Waals surface area contributed by atoms with Gasteiger partial charge in [-0.3, -0.25) is 4.79 Å². The Hall–Kier alpha value is -2.55. The molecule has 2 aromatic rings. The predicted octanol–water partition coefficient (Wildman–Crippen LogP) is 1.60. The van der Waals surface area contributed by atoms with Gasteiger partial charge in [0.05, 0.1) is 23.1 Å². The van der Waals surface area contributed by atoms with E-state index >= 15 is 0 Å². The number of nitrogens with one attached hydrogen (secondary N) is 1. The Morgan fingerprint density at radius 2 is 2.04 bits per heavy atom. The molecule has 1 aromatic heterocycles. The van der Waals surface area contributed by atoms with Crippen LogP contribution in [0.1, 0.15) is 30.0 Å². The smallest absolute Gasteiger partial charge is 0.340 e. The molecule has 0 atom stereocenters. The van der Waals surface area contributed by atoms with E-state index in [0.717, 1.165) is 11.8 Å². The van der Waals surface area contributed by atoms with Crippen molar-refractivity contribution in [1.82, 2.24) is 14.9 Å². The van der Waals surface area contributed by atoms with Crippen LogP contribution in [0, 0.1) is 6.92 Å². The maximum absolute atomic E-state index is 12.1. The van der Waals surface area contributed by atoms with Gasteiger partial charge >= 0.3 is 5.97 Å². The van der Waals surface area contributed by atoms with Gasteiger partial charge in [0.1, 0.15) is 5.82 Å². The molecule has 0 saturated heterocycles. The van der Waals surface area contributed by atoms with Gasteiger partial charge in [-0.25, -0.2) is 9.47 Å². The number of hydrogen-bond donors (Lipinski definition) is 2. The molecule has 0 aliphatic carbocycles. The zero-order valence-corrected chi connectivity index (χ0v) is 14.5. The number of carbonyl (C=O) groups is 2. The molecule has 0 unspecified atom stereocenters. The number of esters is 1. The molecule has 1 heterocycles. The first kappa shape index (κ1) is 17.8. The average Bonchev–Trinajstić information content (AvgIpc) is 2.84. The first-order valence-electron chi connectivity index (χ1n) is 7.28. The molecule has 0 bridgehead atoms. The van der Waals surface area contributed by atoms with Crippen LogP contribution in [-0.4, -0.2) is 38.6 Å². The van der Waals surface area contributed by atoms with Crippen LogP contribution in [0.15, 0.2) is 29.4 Å². The van der Waals surface area contributed by atoms with Gasteiger partial charge in [-0.2, -0.15) is 0 Å². The van der Waals surface area contributed by atoms with E-state index in [1.165, 1.54) is 4.68 Å². The number of thioether (sulfide) groups is 1. The molecule has 0 radical (unpaired) electrons. The van der Waals surface area contributed by atoms with Crippen LogP contribution in [0.5, 0.6) is 0 Å². The van der Waals surface area contributed by atoms with E-state index in [1.807, 2.05) is 0 Å². The van der Waals surface area contributed by atoms with E-state index in [-0.39, 0.29) is 17.8 Å². The fraction of sp³-hybridized carbons (Fsp3) is 0.333. The summed E-state index contributed by atoms with van der Waals surface area (Å²) in [5.41, 5.74) is 0.710. The summed E-state index contributed by atoms with van der Waals surface area (Å²) >= 11 is 1.16. The molecule has 0 aliphatic heterocycles. The van der Waals surface area contributed by atoms with Crippen molar-refractivity contribution in [2.24, 2.45) is 0 Å². The number of benzene rings is 1. The first-order chi connectivity index (χ1) is 11.4. The van der Waals surface area contributed by atoms with E-state index in [2.05, 4.69) is 15.5 Å². The van der Waals surface area contributed by atoms with E-state index < -0.39 is 5.97 Å². The highest BCUT2D eigenvalue weighted by Gasteiger charge is 2.16. The molecule has 1 aromatic carbocycles. The van der Waals surface area contributed by atoms with Crippen molar-refractivity contribution < 1.29 is 14.3 Å². The zero-order valence-electron chi connectivity index (χ0n) is 13.6. The molecule has 2 rings (SSSR count). The SMILES string of the molecule is Cc1nnc(SCC(=O)Nc2ccccc2C(=O)OC(C)C)n1N. The number of para-hydroxylation sites is 1. The summed E-state index contributed by atoms with van der Waals surface area (Å²) in [7, 11) is 0. The zero-order chi connectivity index (χ0) is 17.7. The van der Waals surface area contributed by atoms with Crippen molar-refractivity contribution in [1.29, 1.82) is 0 Å². The number of carbonyl (C=O) groups excluding carboxylic acids is 2. The second-order valence-electron chi connectivity index (χ2n) is 5.24. The summed E-state index contributed by atoms with van der Waals surface area (Å²) in [6.45, 7) is 5.25. The van der Waals surface area contributed by atoms with Gasteiger partial charge < -0.3 is 15.9 Å². The third kappa shape index (κ3) is 4.48. The number of ether oxygens (including phenoxy) is 1. The lowest BCUT2D eigenvalue weighted by atomic mass is 10.2. The summed E-state index contributed by atoms with van der Waals surface area (Å²) < 4.78 is 6.48. The van der Waals surface area contributed by atoms with Crippen molar-refractivity contribution in [3.8, 4) is 0 Å². The first-order valence-corrected chi connectivity index (χ1v) is 8.26. The van der Waals surface area contributed by atoms with Gasteiger partial charge in [-0.15, -0.1) is 10.2 Å². The Morgan fingerprint density at radius 1 is 1.33 bits per heavy atom. The van der Waals surface area contributed by atoms with Crippen LogP contribution in [0.25, 0.3) is 0 Å². The number of nitrogens with two attached hydrogens (primary N) is 1. The van der Waals surface area contributed by atoms with Crippen LogP contribution in [0.4, 0.5) is 5.69 Å². The Labute approximate surface area is 143 Å². The quantitative estimate of drug-likeness (QED) is 0.463. The fourth-order valence-corrected chi connectivity index (χ4v) is 2.51. The van der Waals surface area contributed by atoms with E-state index in [9.17, 15) is 9.59 Å². The second-order valence-corrected chi connectivity index (χ2v) is 6.18. The van der Waals surface area contributed by atoms with Crippen molar-refractivity contribution in [2.75, 3.05) is 16.9 Å². The predicted molar refractivity (Wildman–Crippen MR) is 91.3 cm³/mol. The third-order valence-corrected chi connectivity index (χ3v) is 3.87. The molecule has 1 amide bonds. The highest BCUT2D eigenvalue weighted by atomic mass is 32.2. The molecule has 0 saturated carbocycles. The topological polar surface area (TPSA) is 112 Å². The average molecular weight is 349 g/mol. The standard InChI is InChI=1S/C15H19N5O3S/c1-9(2)23-14(22)11-6-4-5-7-12(11)17-13(21)8-24-15-19-18-10(3)20(15)16/h4-7,9H,8,16H2,1-3H3,(H,17,21). The van der Waals surface area contributed by atoms with Gasteiger partial charge in [0.2, 0.25) is 11.1 Å². The van der Waals surface area contributed by atoms with Crippen molar-refractivity contribution in [3.05, 3.63) is 35.7 Å². The minimum absolute atomic E-state index is 0.0862. The number of amides is 1. The van der Waals surface area contributed by atoms with Crippen molar-refractivity contribution in [3.63, 3.8) is 0 Å². The molecule has 0 aliphatic rings. The molecule has 3 N–H and O–H groups in total. The van der Waals surface area contributed by atoms with Gasteiger partial charge in [-0.1, -0.05) is 23.9 Å². The van der Waals surface area contributed by atoms with Gasteiger partial charge in [-0.05, 0) is 32.9 Å². The van der Waals surface area contributed by atoms with Crippen LogP contribution >= 0.6 is 11.8 Å². The van der Waals surface area contributed by atoms with E-state index in [4.69, 9.17) is 10.6 Å². The number of aromatic nitrogens is 3. The second kappa shape index (κ2) is 7.82. The number of rotatable bonds is 6. The van der Waals surface area contributed by atoms with Crippen LogP contribution in [0.2, 0.25) is 0 Å². The summed E-state index contributed by atoms with van der Waals surface area (Å²) in [4.78, 5) is 24.2. The third-order valence-electron chi connectivity index (χ3n) is 2.93. The number of aryl methyl sites for hydroxylation is 1. The number of nitrogen functional groups attached to an aromatic ring is 1. The molecule has 0 fully saturated rings. The highest BCUT2D eigenvalue weighted by Crippen LogP contribution is 2.19. The molecule has 9 heteroatoms. The Bertz CT molecular complexity index is 744.